The molecule has 2 aromatic rings. The van der Waals surface area contributed by atoms with E-state index in [2.05, 4.69) is 12.2 Å². The monoisotopic (exact) mass is 297 g/mol. The summed E-state index contributed by atoms with van der Waals surface area (Å²) in [6, 6.07) is 9.53. The van der Waals surface area contributed by atoms with Gasteiger partial charge in [-0.15, -0.1) is 0 Å². The molecule has 0 amide bonds. The van der Waals surface area contributed by atoms with Crippen molar-refractivity contribution in [1.29, 1.82) is 0 Å². The van der Waals surface area contributed by atoms with Crippen LogP contribution in [0.15, 0.2) is 41.0 Å². The third kappa shape index (κ3) is 4.00. The van der Waals surface area contributed by atoms with E-state index in [-0.39, 0.29) is 6.04 Å². The van der Waals surface area contributed by atoms with Crippen LogP contribution in [0.2, 0.25) is 10.0 Å². The number of rotatable bonds is 6. The number of nitrogens with one attached hydrogen (secondary N) is 1. The zero-order valence-corrected chi connectivity index (χ0v) is 12.3. The lowest BCUT2D eigenvalue weighted by molar-refractivity contribution is 0.449. The van der Waals surface area contributed by atoms with E-state index in [0.717, 1.165) is 35.7 Å². The quantitative estimate of drug-likeness (QED) is 0.823. The summed E-state index contributed by atoms with van der Waals surface area (Å²) in [6.45, 7) is 3.06. The molecule has 1 atom stereocenters. The fourth-order valence-corrected chi connectivity index (χ4v) is 2.45. The molecule has 0 aliphatic rings. The van der Waals surface area contributed by atoms with Crippen molar-refractivity contribution in [1.82, 2.24) is 5.32 Å². The highest BCUT2D eigenvalue weighted by Gasteiger charge is 2.16. The number of benzene rings is 1. The van der Waals surface area contributed by atoms with Crippen LogP contribution >= 0.6 is 23.2 Å². The molecule has 0 aliphatic carbocycles. The van der Waals surface area contributed by atoms with Crippen molar-refractivity contribution in [3.05, 3.63) is 58.0 Å². The average molecular weight is 298 g/mol. The van der Waals surface area contributed by atoms with E-state index < -0.39 is 0 Å². The molecule has 1 heterocycles. The molecule has 1 aromatic heterocycles. The van der Waals surface area contributed by atoms with Gasteiger partial charge in [0, 0.05) is 22.5 Å². The predicted molar refractivity (Wildman–Crippen MR) is 79.9 cm³/mol. The van der Waals surface area contributed by atoms with Crippen molar-refractivity contribution >= 4 is 23.2 Å². The number of halogens is 2. The van der Waals surface area contributed by atoms with E-state index >= 15 is 0 Å². The lowest BCUT2D eigenvalue weighted by Gasteiger charge is -2.19. The Morgan fingerprint density at radius 3 is 2.79 bits per heavy atom. The first kappa shape index (κ1) is 14.4. The number of hydrogen-bond donors (Lipinski definition) is 1. The number of furan rings is 1. The normalized spacial score (nSPS) is 12.6. The minimum atomic E-state index is 0.109. The Morgan fingerprint density at radius 1 is 1.26 bits per heavy atom. The highest BCUT2D eigenvalue weighted by molar-refractivity contribution is 6.33. The first-order chi connectivity index (χ1) is 9.20. The van der Waals surface area contributed by atoms with Gasteiger partial charge in [0.15, 0.2) is 0 Å². The van der Waals surface area contributed by atoms with Gasteiger partial charge in [0.1, 0.15) is 5.76 Å². The molecule has 0 spiro atoms. The maximum atomic E-state index is 6.28. The summed E-state index contributed by atoms with van der Waals surface area (Å²) in [6.07, 6.45) is 3.51. The van der Waals surface area contributed by atoms with Crippen LogP contribution < -0.4 is 5.32 Å². The third-order valence-electron chi connectivity index (χ3n) is 2.96. The Bertz CT molecular complexity index is 511. The predicted octanol–water partition coefficient (Wildman–Crippen LogP) is 4.87. The van der Waals surface area contributed by atoms with Crippen LogP contribution in [0.1, 0.15) is 30.7 Å². The Labute approximate surface area is 123 Å². The highest BCUT2D eigenvalue weighted by atomic mass is 35.5. The van der Waals surface area contributed by atoms with Gasteiger partial charge in [-0.3, -0.25) is 0 Å². The van der Waals surface area contributed by atoms with Gasteiger partial charge in [0.2, 0.25) is 0 Å². The molecule has 2 nitrogen and oxygen atoms in total. The van der Waals surface area contributed by atoms with E-state index in [4.69, 9.17) is 27.6 Å². The summed E-state index contributed by atoms with van der Waals surface area (Å²) in [5.74, 6) is 0.935. The van der Waals surface area contributed by atoms with Crippen LogP contribution in [0.3, 0.4) is 0 Å². The third-order valence-corrected chi connectivity index (χ3v) is 3.54. The van der Waals surface area contributed by atoms with Gasteiger partial charge in [-0.2, -0.15) is 0 Å². The van der Waals surface area contributed by atoms with Crippen LogP contribution in [-0.4, -0.2) is 6.54 Å². The fourth-order valence-electron chi connectivity index (χ4n) is 2.02. The Balaban J connectivity index is 2.23. The van der Waals surface area contributed by atoms with Crippen molar-refractivity contribution in [2.45, 2.75) is 25.8 Å². The van der Waals surface area contributed by atoms with E-state index in [1.54, 1.807) is 12.3 Å². The fraction of sp³-hybridized carbons (Fsp3) is 0.333. The van der Waals surface area contributed by atoms with Gasteiger partial charge in [-0.05, 0) is 48.9 Å². The summed E-state index contributed by atoms with van der Waals surface area (Å²) in [7, 11) is 0. The van der Waals surface area contributed by atoms with Gasteiger partial charge in [0.05, 0.1) is 6.26 Å². The summed E-state index contributed by atoms with van der Waals surface area (Å²) in [4.78, 5) is 0. The molecule has 0 saturated heterocycles. The maximum absolute atomic E-state index is 6.28. The summed E-state index contributed by atoms with van der Waals surface area (Å²) < 4.78 is 5.42. The molecular weight excluding hydrogens is 281 g/mol. The lowest BCUT2D eigenvalue weighted by Crippen LogP contribution is -2.24. The molecule has 4 heteroatoms. The van der Waals surface area contributed by atoms with Crippen LogP contribution in [0.5, 0.6) is 0 Å². The molecule has 0 aliphatic heterocycles. The van der Waals surface area contributed by atoms with Gasteiger partial charge in [-0.25, -0.2) is 0 Å². The minimum absolute atomic E-state index is 0.109. The Kier molecular flexibility index (Phi) is 5.32. The standard InChI is InChI=1S/C15H17Cl2NO/c1-2-7-18-15(10-12-4-3-8-19-12)13-9-11(16)5-6-14(13)17/h3-6,8-9,15,18H,2,7,10H2,1H3. The van der Waals surface area contributed by atoms with Crippen molar-refractivity contribution in [2.75, 3.05) is 6.54 Å². The maximum Gasteiger partial charge on any atom is 0.105 e. The molecule has 0 bridgehead atoms. The molecule has 1 N–H and O–H groups in total. The highest BCUT2D eigenvalue weighted by Crippen LogP contribution is 2.28. The number of hydrogen-bond acceptors (Lipinski definition) is 2. The van der Waals surface area contributed by atoms with Gasteiger partial charge >= 0.3 is 0 Å². The van der Waals surface area contributed by atoms with Gasteiger partial charge in [-0.1, -0.05) is 30.1 Å². The average Bonchev–Trinajstić information content (AvgIpc) is 2.90. The molecular formula is C15H17Cl2NO. The zero-order chi connectivity index (χ0) is 13.7. The van der Waals surface area contributed by atoms with E-state index in [0.29, 0.717) is 5.02 Å². The summed E-state index contributed by atoms with van der Waals surface area (Å²) in [5.41, 5.74) is 1.01. The van der Waals surface area contributed by atoms with Crippen LogP contribution in [0.4, 0.5) is 0 Å². The molecule has 102 valence electrons. The molecule has 0 fully saturated rings. The van der Waals surface area contributed by atoms with Crippen molar-refractivity contribution in [3.63, 3.8) is 0 Å². The molecule has 2 rings (SSSR count). The van der Waals surface area contributed by atoms with E-state index in [1.165, 1.54) is 0 Å². The lowest BCUT2D eigenvalue weighted by atomic mass is 10.0. The molecule has 1 unspecified atom stereocenters. The Morgan fingerprint density at radius 2 is 2.11 bits per heavy atom. The smallest absolute Gasteiger partial charge is 0.105 e. The molecule has 1 aromatic carbocycles. The first-order valence-corrected chi connectivity index (χ1v) is 7.17. The second-order valence-corrected chi connectivity index (χ2v) is 5.30. The summed E-state index contributed by atoms with van der Waals surface area (Å²) >= 11 is 12.3. The van der Waals surface area contributed by atoms with Crippen LogP contribution in [-0.2, 0) is 6.42 Å². The first-order valence-electron chi connectivity index (χ1n) is 6.41. The second-order valence-electron chi connectivity index (χ2n) is 4.46. The van der Waals surface area contributed by atoms with Crippen molar-refractivity contribution in [3.8, 4) is 0 Å². The minimum Gasteiger partial charge on any atom is -0.469 e. The van der Waals surface area contributed by atoms with E-state index in [1.807, 2.05) is 24.3 Å². The van der Waals surface area contributed by atoms with Gasteiger partial charge < -0.3 is 9.73 Å². The van der Waals surface area contributed by atoms with Gasteiger partial charge in [0.25, 0.3) is 0 Å². The molecule has 19 heavy (non-hydrogen) atoms. The zero-order valence-electron chi connectivity index (χ0n) is 10.8. The van der Waals surface area contributed by atoms with Crippen LogP contribution in [0, 0.1) is 0 Å². The topological polar surface area (TPSA) is 25.2 Å². The summed E-state index contributed by atoms with van der Waals surface area (Å²) in [5, 5.41) is 4.91. The SMILES string of the molecule is CCCNC(Cc1ccco1)c1cc(Cl)ccc1Cl. The van der Waals surface area contributed by atoms with Crippen molar-refractivity contribution in [2.24, 2.45) is 0 Å². The van der Waals surface area contributed by atoms with Crippen LogP contribution in [0.25, 0.3) is 0 Å². The largest absolute Gasteiger partial charge is 0.469 e. The Hall–Kier alpha value is -0.960. The van der Waals surface area contributed by atoms with Crippen molar-refractivity contribution < 1.29 is 4.42 Å². The second kappa shape index (κ2) is 6.99. The van der Waals surface area contributed by atoms with E-state index in [9.17, 15) is 0 Å². The molecule has 0 radical (unpaired) electrons. The molecule has 0 saturated carbocycles.